The molecule has 3 heteroatoms. The fourth-order valence-electron chi connectivity index (χ4n) is 1.97. The Kier molecular flexibility index (Phi) is 5.07. The maximum atomic E-state index is 5.81. The monoisotopic (exact) mass is 333 g/mol. The average Bonchev–Trinajstić information content (AvgIpc) is 2.46. The minimum atomic E-state index is 0.531. The molecule has 0 aromatic heterocycles. The Morgan fingerprint density at radius 3 is 2.45 bits per heavy atom. The number of halogens is 1. The van der Waals surface area contributed by atoms with Crippen LogP contribution in [-0.4, -0.2) is 0 Å². The van der Waals surface area contributed by atoms with Crippen molar-refractivity contribution in [3.8, 4) is 5.75 Å². The molecule has 2 nitrogen and oxygen atoms in total. The number of ether oxygens (including phenoxy) is 1. The predicted molar refractivity (Wildman–Crippen MR) is 88.0 cm³/mol. The zero-order valence-corrected chi connectivity index (χ0v) is 13.5. The maximum absolute atomic E-state index is 5.81. The quantitative estimate of drug-likeness (QED) is 0.770. The van der Waals surface area contributed by atoms with Gasteiger partial charge in [-0.25, -0.2) is 0 Å². The molecule has 2 rings (SSSR count). The second-order valence-corrected chi connectivity index (χ2v) is 5.87. The van der Waals surface area contributed by atoms with Crippen LogP contribution < -0.4 is 10.5 Å². The number of anilines is 1. The summed E-state index contributed by atoms with van der Waals surface area (Å²) in [4.78, 5) is 0. The van der Waals surface area contributed by atoms with Gasteiger partial charge in [-0.15, -0.1) is 0 Å². The molecule has 0 aliphatic carbocycles. The first-order valence-corrected chi connectivity index (χ1v) is 7.66. The highest BCUT2D eigenvalue weighted by Gasteiger charge is 2.04. The summed E-state index contributed by atoms with van der Waals surface area (Å²) < 4.78 is 6.79. The maximum Gasteiger partial charge on any atom is 0.119 e. The fourth-order valence-corrected chi connectivity index (χ4v) is 2.48. The van der Waals surface area contributed by atoms with Gasteiger partial charge in [0, 0.05) is 15.7 Å². The summed E-state index contributed by atoms with van der Waals surface area (Å²) in [6, 6.07) is 14.1. The minimum Gasteiger partial charge on any atom is -0.489 e. The van der Waals surface area contributed by atoms with Gasteiger partial charge < -0.3 is 10.5 Å². The van der Waals surface area contributed by atoms with Gasteiger partial charge >= 0.3 is 0 Å². The first kappa shape index (κ1) is 14.9. The van der Waals surface area contributed by atoms with Crippen LogP contribution in [0.15, 0.2) is 46.9 Å². The molecule has 0 saturated carbocycles. The Bertz CT molecular complexity index is 566. The second-order valence-electron chi connectivity index (χ2n) is 5.02. The number of nitrogen functional groups attached to an aromatic ring is 1. The van der Waals surface area contributed by atoms with E-state index >= 15 is 0 Å². The first-order valence-electron chi connectivity index (χ1n) is 6.86. The summed E-state index contributed by atoms with van der Waals surface area (Å²) in [6.07, 6.45) is 1.15. The normalized spacial score (nSPS) is 12.2. The average molecular weight is 334 g/mol. The molecule has 0 heterocycles. The molecule has 1 unspecified atom stereocenters. The number of rotatable bonds is 5. The van der Waals surface area contributed by atoms with Gasteiger partial charge in [0.05, 0.1) is 0 Å². The van der Waals surface area contributed by atoms with Gasteiger partial charge in [-0.3, -0.25) is 0 Å². The van der Waals surface area contributed by atoms with Crippen LogP contribution in [0.5, 0.6) is 5.75 Å². The van der Waals surface area contributed by atoms with Crippen LogP contribution >= 0.6 is 15.9 Å². The highest BCUT2D eigenvalue weighted by molar-refractivity contribution is 9.10. The van der Waals surface area contributed by atoms with Gasteiger partial charge in [-0.05, 0) is 42.2 Å². The Morgan fingerprint density at radius 1 is 1.15 bits per heavy atom. The lowest BCUT2D eigenvalue weighted by Gasteiger charge is -2.11. The Balaban J connectivity index is 2.00. The van der Waals surface area contributed by atoms with Crippen molar-refractivity contribution in [1.29, 1.82) is 0 Å². The van der Waals surface area contributed by atoms with Crippen LogP contribution in [-0.2, 0) is 6.61 Å². The third kappa shape index (κ3) is 3.76. The van der Waals surface area contributed by atoms with E-state index in [1.165, 1.54) is 5.56 Å². The van der Waals surface area contributed by atoms with Gasteiger partial charge in [-0.1, -0.05) is 48.0 Å². The molecule has 20 heavy (non-hydrogen) atoms. The zero-order valence-electron chi connectivity index (χ0n) is 11.9. The Morgan fingerprint density at radius 2 is 1.85 bits per heavy atom. The summed E-state index contributed by atoms with van der Waals surface area (Å²) in [7, 11) is 0. The third-order valence-corrected chi connectivity index (χ3v) is 4.27. The topological polar surface area (TPSA) is 35.2 Å². The predicted octanol–water partition coefficient (Wildman–Crippen LogP) is 5.12. The minimum absolute atomic E-state index is 0.531. The summed E-state index contributed by atoms with van der Waals surface area (Å²) in [6.45, 7) is 4.97. The molecule has 0 fully saturated rings. The van der Waals surface area contributed by atoms with Crippen molar-refractivity contribution >= 4 is 21.6 Å². The van der Waals surface area contributed by atoms with Crippen molar-refractivity contribution in [2.75, 3.05) is 5.73 Å². The van der Waals surface area contributed by atoms with E-state index in [-0.39, 0.29) is 0 Å². The van der Waals surface area contributed by atoms with Gasteiger partial charge in [0.25, 0.3) is 0 Å². The highest BCUT2D eigenvalue weighted by atomic mass is 79.9. The van der Waals surface area contributed by atoms with Gasteiger partial charge in [0.1, 0.15) is 12.4 Å². The first-order chi connectivity index (χ1) is 9.60. The summed E-state index contributed by atoms with van der Waals surface area (Å²) in [5.41, 5.74) is 8.91. The molecule has 106 valence electrons. The number of hydrogen-bond acceptors (Lipinski definition) is 2. The van der Waals surface area contributed by atoms with Crippen molar-refractivity contribution in [1.82, 2.24) is 0 Å². The van der Waals surface area contributed by atoms with E-state index in [9.17, 15) is 0 Å². The molecular formula is C17H20BrNO. The largest absolute Gasteiger partial charge is 0.489 e. The van der Waals surface area contributed by atoms with E-state index in [1.54, 1.807) is 0 Å². The summed E-state index contributed by atoms with van der Waals surface area (Å²) in [5, 5.41) is 0. The van der Waals surface area contributed by atoms with E-state index in [0.717, 1.165) is 27.9 Å². The molecular weight excluding hydrogens is 314 g/mol. The molecule has 0 aliphatic heterocycles. The van der Waals surface area contributed by atoms with Crippen molar-refractivity contribution in [3.63, 3.8) is 0 Å². The molecule has 0 radical (unpaired) electrons. The smallest absolute Gasteiger partial charge is 0.119 e. The van der Waals surface area contributed by atoms with E-state index in [4.69, 9.17) is 10.5 Å². The molecule has 0 amide bonds. The standard InChI is InChI=1S/C17H20BrNO/c1-3-12(2)13-5-8-16(9-6-13)20-11-14-4-7-15(19)10-17(14)18/h4-10,12H,3,11,19H2,1-2H3. The highest BCUT2D eigenvalue weighted by Crippen LogP contribution is 2.24. The van der Waals surface area contributed by atoms with Crippen molar-refractivity contribution in [2.24, 2.45) is 0 Å². The fraction of sp³-hybridized carbons (Fsp3) is 0.294. The van der Waals surface area contributed by atoms with E-state index < -0.39 is 0 Å². The molecule has 1 atom stereocenters. The SMILES string of the molecule is CCC(C)c1ccc(OCc2ccc(N)cc2Br)cc1. The zero-order chi connectivity index (χ0) is 14.5. The molecule has 0 saturated heterocycles. The molecule has 0 aliphatic rings. The van der Waals surface area contributed by atoms with Crippen LogP contribution in [0.1, 0.15) is 37.3 Å². The van der Waals surface area contributed by atoms with Crippen LogP contribution in [0.4, 0.5) is 5.69 Å². The molecule has 2 N–H and O–H groups in total. The molecule has 0 spiro atoms. The number of nitrogens with two attached hydrogens (primary N) is 1. The van der Waals surface area contributed by atoms with Crippen molar-refractivity contribution in [2.45, 2.75) is 32.8 Å². The Labute approximate surface area is 129 Å². The van der Waals surface area contributed by atoms with Crippen molar-refractivity contribution in [3.05, 3.63) is 58.1 Å². The van der Waals surface area contributed by atoms with E-state index in [2.05, 4.69) is 41.9 Å². The van der Waals surface area contributed by atoms with Gasteiger partial charge in [0.2, 0.25) is 0 Å². The number of benzene rings is 2. The summed E-state index contributed by atoms with van der Waals surface area (Å²) >= 11 is 3.50. The molecule has 2 aromatic carbocycles. The van der Waals surface area contributed by atoms with Gasteiger partial charge in [0.15, 0.2) is 0 Å². The van der Waals surface area contributed by atoms with Crippen LogP contribution in [0.2, 0.25) is 0 Å². The van der Waals surface area contributed by atoms with E-state index in [1.807, 2.05) is 30.3 Å². The summed E-state index contributed by atoms with van der Waals surface area (Å²) in [5.74, 6) is 1.48. The third-order valence-electron chi connectivity index (χ3n) is 3.53. The van der Waals surface area contributed by atoms with E-state index in [0.29, 0.717) is 12.5 Å². The van der Waals surface area contributed by atoms with Crippen LogP contribution in [0.3, 0.4) is 0 Å². The lowest BCUT2D eigenvalue weighted by molar-refractivity contribution is 0.305. The lowest BCUT2D eigenvalue weighted by Crippen LogP contribution is -1.98. The molecule has 2 aromatic rings. The number of hydrogen-bond donors (Lipinski definition) is 1. The van der Waals surface area contributed by atoms with Crippen molar-refractivity contribution < 1.29 is 4.74 Å². The molecule has 0 bridgehead atoms. The second kappa shape index (κ2) is 6.80. The van der Waals surface area contributed by atoms with Crippen LogP contribution in [0, 0.1) is 0 Å². The Hall–Kier alpha value is -1.48. The lowest BCUT2D eigenvalue weighted by atomic mass is 9.99. The van der Waals surface area contributed by atoms with Crippen LogP contribution in [0.25, 0.3) is 0 Å². The van der Waals surface area contributed by atoms with Gasteiger partial charge in [-0.2, -0.15) is 0 Å².